The van der Waals surface area contributed by atoms with Crippen molar-refractivity contribution in [1.82, 2.24) is 24.7 Å². The zero-order chi connectivity index (χ0) is 21.5. The van der Waals surface area contributed by atoms with Crippen molar-refractivity contribution in [3.63, 3.8) is 0 Å². The molecule has 31 heavy (non-hydrogen) atoms. The van der Waals surface area contributed by atoms with Crippen LogP contribution in [0.1, 0.15) is 31.1 Å². The van der Waals surface area contributed by atoms with Gasteiger partial charge >= 0.3 is 0 Å². The molecule has 4 aromatic rings. The average Bonchev–Trinajstić information content (AvgIpc) is 3.34. The molecule has 0 unspecified atom stereocenters. The number of aromatic amines is 1. The van der Waals surface area contributed by atoms with Crippen LogP contribution in [0, 0.1) is 12.8 Å². The van der Waals surface area contributed by atoms with Crippen LogP contribution in [0.25, 0.3) is 22.3 Å². The summed E-state index contributed by atoms with van der Waals surface area (Å²) in [5.41, 5.74) is 4.92. The number of ether oxygens (including phenoxy) is 2. The first-order chi connectivity index (χ1) is 15.0. The summed E-state index contributed by atoms with van der Waals surface area (Å²) in [7, 11) is 1.92. The number of anilines is 1. The number of hydrogen-bond acceptors (Lipinski definition) is 6. The highest BCUT2D eigenvalue weighted by Crippen LogP contribution is 2.37. The third-order valence-electron chi connectivity index (χ3n) is 5.61. The summed E-state index contributed by atoms with van der Waals surface area (Å²) in [6.07, 6.45) is 3.59. The SMILES string of the molecule is Cc1nn(C)cc1-c1cc2c(N[C@@H](c3ccc4c(c3)OCCO4)C(C)C)ncnc2[nH]1. The molecule has 8 nitrogen and oxygen atoms in total. The van der Waals surface area contributed by atoms with E-state index in [-0.39, 0.29) is 6.04 Å². The van der Waals surface area contributed by atoms with Crippen LogP contribution in [0.4, 0.5) is 5.82 Å². The van der Waals surface area contributed by atoms with Crippen LogP contribution in [0.5, 0.6) is 11.5 Å². The maximum atomic E-state index is 5.79. The summed E-state index contributed by atoms with van der Waals surface area (Å²) < 4.78 is 13.3. The largest absolute Gasteiger partial charge is 0.486 e. The Morgan fingerprint density at radius 2 is 1.90 bits per heavy atom. The Kier molecular flexibility index (Phi) is 4.77. The molecule has 0 saturated heterocycles. The molecule has 1 aliphatic rings. The second-order valence-corrected chi connectivity index (χ2v) is 8.24. The minimum absolute atomic E-state index is 0.0485. The van der Waals surface area contributed by atoms with Crippen molar-refractivity contribution in [1.29, 1.82) is 0 Å². The van der Waals surface area contributed by atoms with E-state index in [0.29, 0.717) is 19.1 Å². The van der Waals surface area contributed by atoms with Gasteiger partial charge in [0.25, 0.3) is 0 Å². The summed E-state index contributed by atoms with van der Waals surface area (Å²) in [5, 5.41) is 9.04. The van der Waals surface area contributed by atoms with Gasteiger partial charge in [0, 0.05) is 18.8 Å². The van der Waals surface area contributed by atoms with Crippen molar-refractivity contribution in [2.24, 2.45) is 13.0 Å². The van der Waals surface area contributed by atoms with Crippen LogP contribution in [0.2, 0.25) is 0 Å². The lowest BCUT2D eigenvalue weighted by Gasteiger charge is -2.26. The lowest BCUT2D eigenvalue weighted by molar-refractivity contribution is 0.171. The minimum atomic E-state index is 0.0485. The van der Waals surface area contributed by atoms with E-state index in [0.717, 1.165) is 50.9 Å². The van der Waals surface area contributed by atoms with Crippen LogP contribution in [-0.4, -0.2) is 37.9 Å². The molecule has 2 N–H and O–H groups in total. The molecular formula is C23H26N6O2. The van der Waals surface area contributed by atoms with E-state index in [1.165, 1.54) is 0 Å². The van der Waals surface area contributed by atoms with Crippen LogP contribution in [0.3, 0.4) is 0 Å². The number of aromatic nitrogens is 5. The fourth-order valence-electron chi connectivity index (χ4n) is 4.10. The number of H-pyrrole nitrogens is 1. The van der Waals surface area contributed by atoms with Gasteiger partial charge in [-0.2, -0.15) is 5.10 Å². The number of hydrogen-bond donors (Lipinski definition) is 2. The minimum Gasteiger partial charge on any atom is -0.486 e. The van der Waals surface area contributed by atoms with Crippen LogP contribution < -0.4 is 14.8 Å². The van der Waals surface area contributed by atoms with E-state index in [9.17, 15) is 0 Å². The molecular weight excluding hydrogens is 392 g/mol. The first kappa shape index (κ1) is 19.4. The van der Waals surface area contributed by atoms with Crippen LogP contribution in [0.15, 0.2) is 36.8 Å². The highest BCUT2D eigenvalue weighted by molar-refractivity contribution is 5.91. The molecule has 0 fully saturated rings. The highest BCUT2D eigenvalue weighted by atomic mass is 16.6. The van der Waals surface area contributed by atoms with E-state index < -0.39 is 0 Å². The van der Waals surface area contributed by atoms with E-state index >= 15 is 0 Å². The molecule has 4 heterocycles. The number of fused-ring (bicyclic) bond motifs is 2. The Morgan fingerprint density at radius 1 is 1.10 bits per heavy atom. The monoisotopic (exact) mass is 418 g/mol. The summed E-state index contributed by atoms with van der Waals surface area (Å²) in [4.78, 5) is 12.4. The molecule has 0 aliphatic carbocycles. The van der Waals surface area contributed by atoms with Gasteiger partial charge < -0.3 is 19.8 Å². The quantitative estimate of drug-likeness (QED) is 0.504. The molecule has 0 amide bonds. The van der Waals surface area contributed by atoms with E-state index in [1.54, 1.807) is 6.33 Å². The molecule has 0 radical (unpaired) electrons. The van der Waals surface area contributed by atoms with Crippen molar-refractivity contribution in [3.8, 4) is 22.8 Å². The Hall–Kier alpha value is -3.55. The second-order valence-electron chi connectivity index (χ2n) is 8.24. The number of nitrogens with one attached hydrogen (secondary N) is 2. The van der Waals surface area contributed by atoms with Gasteiger partial charge in [0.15, 0.2) is 11.5 Å². The Balaban J connectivity index is 1.51. The Bertz CT molecular complexity index is 1240. The van der Waals surface area contributed by atoms with Gasteiger partial charge in [0.1, 0.15) is 31.0 Å². The van der Waals surface area contributed by atoms with Crippen LogP contribution >= 0.6 is 0 Å². The average molecular weight is 419 g/mol. The summed E-state index contributed by atoms with van der Waals surface area (Å²) in [6, 6.07) is 8.27. The van der Waals surface area contributed by atoms with Crippen molar-refractivity contribution in [2.75, 3.05) is 18.5 Å². The van der Waals surface area contributed by atoms with Gasteiger partial charge in [-0.25, -0.2) is 9.97 Å². The lowest BCUT2D eigenvalue weighted by Crippen LogP contribution is -2.19. The third kappa shape index (κ3) is 3.58. The molecule has 5 rings (SSSR count). The van der Waals surface area contributed by atoms with Gasteiger partial charge in [0.2, 0.25) is 0 Å². The predicted molar refractivity (Wildman–Crippen MR) is 119 cm³/mol. The molecule has 160 valence electrons. The van der Waals surface area contributed by atoms with E-state index in [1.807, 2.05) is 30.9 Å². The second kappa shape index (κ2) is 7.61. The fourth-order valence-corrected chi connectivity index (χ4v) is 4.10. The maximum Gasteiger partial charge on any atom is 0.161 e. The van der Waals surface area contributed by atoms with Crippen molar-refractivity contribution < 1.29 is 9.47 Å². The number of aryl methyl sites for hydroxylation is 2. The van der Waals surface area contributed by atoms with Gasteiger partial charge in [-0.3, -0.25) is 4.68 Å². The maximum absolute atomic E-state index is 5.79. The number of benzene rings is 1. The topological polar surface area (TPSA) is 89.9 Å². The van der Waals surface area contributed by atoms with Gasteiger partial charge in [-0.05, 0) is 36.6 Å². The zero-order valence-electron chi connectivity index (χ0n) is 18.1. The lowest BCUT2D eigenvalue weighted by atomic mass is 9.95. The standard InChI is InChI=1S/C23H26N6O2/c1-13(2)21(15-5-6-19-20(9-15)31-8-7-30-19)27-23-16-10-18(26-22(16)24-12-25-23)17-11-29(4)28-14(17)3/h5-6,9-13,21H,7-8H2,1-4H3,(H2,24,25,26,27)/t21-/m1/s1. The number of nitrogens with zero attached hydrogens (tertiary/aromatic N) is 4. The highest BCUT2D eigenvalue weighted by Gasteiger charge is 2.22. The molecule has 0 spiro atoms. The Morgan fingerprint density at radius 3 is 2.65 bits per heavy atom. The zero-order valence-corrected chi connectivity index (χ0v) is 18.1. The van der Waals surface area contributed by atoms with Gasteiger partial charge in [-0.1, -0.05) is 19.9 Å². The molecule has 8 heteroatoms. The van der Waals surface area contributed by atoms with Gasteiger partial charge in [-0.15, -0.1) is 0 Å². The fraction of sp³-hybridized carbons (Fsp3) is 0.348. The predicted octanol–water partition coefficient (Wildman–Crippen LogP) is 4.25. The number of rotatable bonds is 5. The van der Waals surface area contributed by atoms with E-state index in [2.05, 4.69) is 57.4 Å². The molecule has 0 saturated carbocycles. The Labute approximate surface area is 180 Å². The smallest absolute Gasteiger partial charge is 0.161 e. The summed E-state index contributed by atoms with van der Waals surface area (Å²) in [6.45, 7) is 7.54. The first-order valence-corrected chi connectivity index (χ1v) is 10.5. The van der Waals surface area contributed by atoms with Crippen molar-refractivity contribution in [2.45, 2.75) is 26.8 Å². The molecule has 1 aromatic carbocycles. The van der Waals surface area contributed by atoms with Crippen molar-refractivity contribution in [3.05, 3.63) is 48.0 Å². The van der Waals surface area contributed by atoms with Gasteiger partial charge in [0.05, 0.1) is 22.8 Å². The summed E-state index contributed by atoms with van der Waals surface area (Å²) in [5.74, 6) is 2.71. The molecule has 0 bridgehead atoms. The summed E-state index contributed by atoms with van der Waals surface area (Å²) >= 11 is 0. The van der Waals surface area contributed by atoms with Crippen molar-refractivity contribution >= 4 is 16.9 Å². The van der Waals surface area contributed by atoms with E-state index in [4.69, 9.17) is 9.47 Å². The molecule has 3 aromatic heterocycles. The van der Waals surface area contributed by atoms with Crippen LogP contribution in [-0.2, 0) is 7.05 Å². The third-order valence-corrected chi connectivity index (χ3v) is 5.61. The molecule has 1 aliphatic heterocycles. The molecule has 1 atom stereocenters. The first-order valence-electron chi connectivity index (χ1n) is 10.5. The normalized spacial score (nSPS) is 14.2.